The SMILES string of the molecule is Cc1nn2c(nnc3c(=O)n(-c4ccc(F)cc4)ccc32)c1-c1ccc(F)cc1. The Labute approximate surface area is 162 Å². The van der Waals surface area contributed by atoms with Gasteiger partial charge in [0.15, 0.2) is 11.2 Å². The van der Waals surface area contributed by atoms with Crippen molar-refractivity contribution in [2.24, 2.45) is 0 Å². The summed E-state index contributed by atoms with van der Waals surface area (Å²) in [7, 11) is 0. The number of pyridine rings is 1. The Hall–Kier alpha value is -3.94. The number of fused-ring (bicyclic) bond motifs is 3. The van der Waals surface area contributed by atoms with Gasteiger partial charge in [-0.1, -0.05) is 12.1 Å². The van der Waals surface area contributed by atoms with Crippen LogP contribution >= 0.6 is 0 Å². The molecule has 0 spiro atoms. The first-order valence-electron chi connectivity index (χ1n) is 8.82. The summed E-state index contributed by atoms with van der Waals surface area (Å²) in [5.41, 5.74) is 3.40. The van der Waals surface area contributed by atoms with Crippen molar-refractivity contribution in [3.63, 3.8) is 0 Å². The monoisotopic (exact) mass is 389 g/mol. The van der Waals surface area contributed by atoms with Crippen LogP contribution in [-0.4, -0.2) is 24.4 Å². The zero-order valence-electron chi connectivity index (χ0n) is 15.2. The van der Waals surface area contributed by atoms with Crippen LogP contribution < -0.4 is 5.56 Å². The van der Waals surface area contributed by atoms with Crippen molar-refractivity contribution in [2.75, 3.05) is 0 Å². The Balaban J connectivity index is 1.75. The van der Waals surface area contributed by atoms with Crippen LogP contribution in [0, 0.1) is 18.6 Å². The Morgan fingerprint density at radius 3 is 2.21 bits per heavy atom. The van der Waals surface area contributed by atoms with Gasteiger partial charge in [0.05, 0.1) is 11.3 Å². The van der Waals surface area contributed by atoms with Gasteiger partial charge >= 0.3 is 0 Å². The van der Waals surface area contributed by atoms with E-state index >= 15 is 0 Å². The van der Waals surface area contributed by atoms with Crippen LogP contribution in [0.2, 0.25) is 0 Å². The van der Waals surface area contributed by atoms with Crippen LogP contribution in [0.15, 0.2) is 65.6 Å². The van der Waals surface area contributed by atoms with Gasteiger partial charge in [-0.2, -0.15) is 5.10 Å². The summed E-state index contributed by atoms with van der Waals surface area (Å²) in [6, 6.07) is 13.3. The van der Waals surface area contributed by atoms with Crippen molar-refractivity contribution < 1.29 is 8.78 Å². The lowest BCUT2D eigenvalue weighted by Gasteiger charge is -2.07. The molecule has 0 bridgehead atoms. The molecule has 5 rings (SSSR count). The molecule has 3 heterocycles. The van der Waals surface area contributed by atoms with Crippen LogP contribution in [-0.2, 0) is 0 Å². The highest BCUT2D eigenvalue weighted by atomic mass is 19.1. The maximum atomic E-state index is 13.3. The highest BCUT2D eigenvalue weighted by Gasteiger charge is 2.17. The molecule has 6 nitrogen and oxygen atoms in total. The van der Waals surface area contributed by atoms with E-state index in [1.807, 2.05) is 6.92 Å². The van der Waals surface area contributed by atoms with E-state index in [1.165, 1.54) is 41.0 Å². The first-order chi connectivity index (χ1) is 14.0. The van der Waals surface area contributed by atoms with E-state index in [4.69, 9.17) is 0 Å². The maximum absolute atomic E-state index is 13.3. The molecule has 29 heavy (non-hydrogen) atoms. The third-order valence-electron chi connectivity index (χ3n) is 4.79. The smallest absolute Gasteiger partial charge is 0.282 e. The van der Waals surface area contributed by atoms with Crippen molar-refractivity contribution >= 4 is 16.7 Å². The molecule has 142 valence electrons. The molecule has 0 atom stereocenters. The number of aromatic nitrogens is 5. The molecule has 0 aliphatic rings. The number of rotatable bonds is 2. The maximum Gasteiger partial charge on any atom is 0.285 e. The van der Waals surface area contributed by atoms with E-state index in [0.717, 1.165) is 11.1 Å². The fourth-order valence-electron chi connectivity index (χ4n) is 3.41. The average molecular weight is 389 g/mol. The molecule has 0 radical (unpaired) electrons. The van der Waals surface area contributed by atoms with E-state index < -0.39 is 0 Å². The fraction of sp³-hybridized carbons (Fsp3) is 0.0476. The Bertz CT molecular complexity index is 1440. The van der Waals surface area contributed by atoms with Crippen molar-refractivity contribution in [1.82, 2.24) is 24.4 Å². The van der Waals surface area contributed by atoms with Crippen molar-refractivity contribution in [1.29, 1.82) is 0 Å². The number of halogens is 2. The largest absolute Gasteiger partial charge is 0.285 e. The van der Waals surface area contributed by atoms with Crippen molar-refractivity contribution in [3.05, 3.63) is 88.5 Å². The van der Waals surface area contributed by atoms with Crippen LogP contribution in [0.5, 0.6) is 0 Å². The summed E-state index contributed by atoms with van der Waals surface area (Å²) in [5, 5.41) is 12.9. The highest BCUT2D eigenvalue weighted by Crippen LogP contribution is 2.28. The van der Waals surface area contributed by atoms with E-state index in [9.17, 15) is 13.6 Å². The minimum absolute atomic E-state index is 0.137. The average Bonchev–Trinajstić information content (AvgIpc) is 3.06. The molecule has 8 heteroatoms. The van der Waals surface area contributed by atoms with Crippen molar-refractivity contribution in [2.45, 2.75) is 6.92 Å². The lowest BCUT2D eigenvalue weighted by molar-refractivity contribution is 0.627. The van der Waals surface area contributed by atoms with Crippen molar-refractivity contribution in [3.8, 4) is 16.8 Å². The first-order valence-corrected chi connectivity index (χ1v) is 8.82. The zero-order chi connectivity index (χ0) is 20.1. The van der Waals surface area contributed by atoms with Gasteiger partial charge in [0.1, 0.15) is 17.2 Å². The number of hydrogen-bond donors (Lipinski definition) is 0. The van der Waals surface area contributed by atoms with E-state index in [0.29, 0.717) is 22.5 Å². The summed E-state index contributed by atoms with van der Waals surface area (Å²) >= 11 is 0. The fourth-order valence-corrected chi connectivity index (χ4v) is 3.41. The second kappa shape index (κ2) is 6.30. The summed E-state index contributed by atoms with van der Waals surface area (Å²) < 4.78 is 29.4. The molecule has 3 aromatic heterocycles. The predicted molar refractivity (Wildman–Crippen MR) is 104 cm³/mol. The Morgan fingerprint density at radius 2 is 1.52 bits per heavy atom. The lowest BCUT2D eigenvalue weighted by Crippen LogP contribution is -2.20. The van der Waals surface area contributed by atoms with Gasteiger partial charge in [0.25, 0.3) is 5.56 Å². The van der Waals surface area contributed by atoms with Crippen LogP contribution in [0.1, 0.15) is 5.69 Å². The summed E-state index contributed by atoms with van der Waals surface area (Å²) in [5.74, 6) is -0.717. The summed E-state index contributed by atoms with van der Waals surface area (Å²) in [6.07, 6.45) is 1.59. The quantitative estimate of drug-likeness (QED) is 0.462. The second-order valence-electron chi connectivity index (χ2n) is 6.60. The first kappa shape index (κ1) is 17.2. The number of aryl methyl sites for hydroxylation is 1. The molecular weight excluding hydrogens is 376 g/mol. The standard InChI is InChI=1S/C21H13F2N5O/c1-12-18(13-2-4-14(22)5-3-13)20-25-24-19-17(28(20)26-12)10-11-27(21(19)29)16-8-6-15(23)7-9-16/h2-11H,1H3. The summed E-state index contributed by atoms with van der Waals surface area (Å²) in [4.78, 5) is 12.9. The molecule has 0 saturated carbocycles. The highest BCUT2D eigenvalue weighted by molar-refractivity contribution is 5.84. The number of nitrogens with zero attached hydrogens (tertiary/aromatic N) is 5. The van der Waals surface area contributed by atoms with Crippen LogP contribution in [0.25, 0.3) is 33.5 Å². The van der Waals surface area contributed by atoms with E-state index in [1.54, 1.807) is 28.9 Å². The predicted octanol–water partition coefficient (Wildman–Crippen LogP) is 3.68. The Morgan fingerprint density at radius 1 is 0.862 bits per heavy atom. The molecular formula is C21H13F2N5O. The summed E-state index contributed by atoms with van der Waals surface area (Å²) in [6.45, 7) is 1.82. The van der Waals surface area contributed by atoms with Gasteiger partial charge in [0, 0.05) is 11.9 Å². The third kappa shape index (κ3) is 2.68. The normalized spacial score (nSPS) is 11.4. The number of hydrogen-bond acceptors (Lipinski definition) is 4. The molecule has 5 aromatic rings. The molecule has 2 aromatic carbocycles. The van der Waals surface area contributed by atoms with Gasteiger partial charge in [0.2, 0.25) is 0 Å². The van der Waals surface area contributed by atoms with Gasteiger partial charge in [-0.05, 0) is 55.0 Å². The molecule has 0 unspecified atom stereocenters. The molecule has 0 N–H and O–H groups in total. The van der Waals surface area contributed by atoms with Gasteiger partial charge < -0.3 is 0 Å². The molecule has 0 saturated heterocycles. The Kier molecular flexibility index (Phi) is 3.73. The lowest BCUT2D eigenvalue weighted by atomic mass is 10.1. The second-order valence-corrected chi connectivity index (χ2v) is 6.60. The van der Waals surface area contributed by atoms with E-state index in [-0.39, 0.29) is 22.7 Å². The number of benzene rings is 2. The third-order valence-corrected chi connectivity index (χ3v) is 4.79. The van der Waals surface area contributed by atoms with Gasteiger partial charge in [-0.15, -0.1) is 10.2 Å². The van der Waals surface area contributed by atoms with Gasteiger partial charge in [-0.25, -0.2) is 13.3 Å². The van der Waals surface area contributed by atoms with E-state index in [2.05, 4.69) is 15.3 Å². The molecule has 0 fully saturated rings. The minimum atomic E-state index is -0.389. The molecule has 0 aliphatic carbocycles. The van der Waals surface area contributed by atoms with Gasteiger partial charge in [-0.3, -0.25) is 9.36 Å². The van der Waals surface area contributed by atoms with Crippen LogP contribution in [0.3, 0.4) is 0 Å². The zero-order valence-corrected chi connectivity index (χ0v) is 15.2. The molecule has 0 aliphatic heterocycles. The molecule has 0 amide bonds. The topological polar surface area (TPSA) is 65.1 Å². The van der Waals surface area contributed by atoms with Crippen LogP contribution in [0.4, 0.5) is 8.78 Å². The minimum Gasteiger partial charge on any atom is -0.282 e.